The minimum atomic E-state index is -0.591. The Labute approximate surface area is 197 Å². The molecule has 1 aliphatic rings. The molecule has 172 valence electrons. The number of esters is 1. The summed E-state index contributed by atoms with van der Waals surface area (Å²) in [6.07, 6.45) is 1.45. The van der Waals surface area contributed by atoms with E-state index in [9.17, 15) is 14.4 Å². The summed E-state index contributed by atoms with van der Waals surface area (Å²) in [5.74, 6) is -0.968. The summed E-state index contributed by atoms with van der Waals surface area (Å²) in [6, 6.07) is 10.5. The van der Waals surface area contributed by atoms with Crippen LogP contribution in [0.25, 0.3) is 6.08 Å². The van der Waals surface area contributed by atoms with Crippen LogP contribution in [0.5, 0.6) is 11.5 Å². The van der Waals surface area contributed by atoms with Gasteiger partial charge in [0.05, 0.1) is 19.4 Å². The summed E-state index contributed by atoms with van der Waals surface area (Å²) in [6.45, 7) is 5.53. The van der Waals surface area contributed by atoms with Gasteiger partial charge in [-0.05, 0) is 80.0 Å². The Bertz CT molecular complexity index is 1140. The SMILES string of the molecule is CCOC(=O)COc1ccc(C=C2C(=O)NC(=S)N(c3cc(C)cc(C)c3)C2=O)cc1OC. The predicted molar refractivity (Wildman–Crippen MR) is 127 cm³/mol. The molecule has 0 spiro atoms. The molecule has 0 saturated carbocycles. The third kappa shape index (κ3) is 5.56. The van der Waals surface area contributed by atoms with Crippen molar-refractivity contribution < 1.29 is 28.6 Å². The van der Waals surface area contributed by atoms with Gasteiger partial charge in [-0.15, -0.1) is 0 Å². The lowest BCUT2D eigenvalue weighted by Gasteiger charge is -2.29. The fraction of sp³-hybridized carbons (Fsp3) is 0.250. The maximum atomic E-state index is 13.2. The first-order valence-electron chi connectivity index (χ1n) is 10.2. The van der Waals surface area contributed by atoms with Gasteiger partial charge >= 0.3 is 5.97 Å². The van der Waals surface area contributed by atoms with Crippen molar-refractivity contribution in [3.8, 4) is 11.5 Å². The molecule has 0 aromatic heterocycles. The number of amides is 2. The number of nitrogens with one attached hydrogen (secondary N) is 1. The Morgan fingerprint density at radius 1 is 1.09 bits per heavy atom. The molecule has 0 radical (unpaired) electrons. The monoisotopic (exact) mass is 468 g/mol. The lowest BCUT2D eigenvalue weighted by atomic mass is 10.1. The first-order valence-corrected chi connectivity index (χ1v) is 10.6. The van der Waals surface area contributed by atoms with E-state index in [0.29, 0.717) is 22.7 Å². The lowest BCUT2D eigenvalue weighted by molar-refractivity contribution is -0.145. The fourth-order valence-electron chi connectivity index (χ4n) is 3.37. The summed E-state index contributed by atoms with van der Waals surface area (Å²) >= 11 is 5.26. The largest absolute Gasteiger partial charge is 0.493 e. The second-order valence-corrected chi connectivity index (χ2v) is 7.69. The summed E-state index contributed by atoms with van der Waals surface area (Å²) in [5.41, 5.74) is 2.96. The van der Waals surface area contributed by atoms with Crippen molar-refractivity contribution in [2.75, 3.05) is 25.2 Å². The number of ether oxygens (including phenoxy) is 3. The van der Waals surface area contributed by atoms with Gasteiger partial charge in [-0.1, -0.05) is 12.1 Å². The fourth-order valence-corrected chi connectivity index (χ4v) is 3.65. The molecule has 0 bridgehead atoms. The summed E-state index contributed by atoms with van der Waals surface area (Å²) in [7, 11) is 1.45. The minimum absolute atomic E-state index is 0.0208. The van der Waals surface area contributed by atoms with E-state index in [2.05, 4.69) is 5.32 Å². The average molecular weight is 469 g/mol. The number of carbonyl (C=O) groups is 3. The van der Waals surface area contributed by atoms with Crippen LogP contribution in [-0.4, -0.2) is 43.2 Å². The smallest absolute Gasteiger partial charge is 0.344 e. The molecule has 8 nitrogen and oxygen atoms in total. The normalized spacial score (nSPS) is 14.8. The molecule has 1 saturated heterocycles. The zero-order chi connectivity index (χ0) is 24.1. The van der Waals surface area contributed by atoms with E-state index in [1.54, 1.807) is 25.1 Å². The van der Waals surface area contributed by atoms with Crippen molar-refractivity contribution in [1.29, 1.82) is 0 Å². The number of hydrogen-bond acceptors (Lipinski definition) is 7. The van der Waals surface area contributed by atoms with Crippen LogP contribution >= 0.6 is 12.2 Å². The highest BCUT2D eigenvalue weighted by Crippen LogP contribution is 2.30. The lowest BCUT2D eigenvalue weighted by Crippen LogP contribution is -2.54. The van der Waals surface area contributed by atoms with Gasteiger partial charge in [-0.25, -0.2) is 4.79 Å². The van der Waals surface area contributed by atoms with Gasteiger partial charge in [0.25, 0.3) is 11.8 Å². The zero-order valence-corrected chi connectivity index (χ0v) is 19.6. The highest BCUT2D eigenvalue weighted by molar-refractivity contribution is 7.80. The quantitative estimate of drug-likeness (QED) is 0.289. The van der Waals surface area contributed by atoms with Crippen LogP contribution in [0.1, 0.15) is 23.6 Å². The first kappa shape index (κ1) is 23.9. The number of benzene rings is 2. The maximum Gasteiger partial charge on any atom is 0.344 e. The van der Waals surface area contributed by atoms with Gasteiger partial charge < -0.3 is 14.2 Å². The molecule has 0 aliphatic carbocycles. The number of thiocarbonyl (C=S) groups is 1. The number of methoxy groups -OCH3 is 1. The summed E-state index contributed by atoms with van der Waals surface area (Å²) in [4.78, 5) is 38.6. The van der Waals surface area contributed by atoms with Crippen LogP contribution in [0.4, 0.5) is 5.69 Å². The molecule has 1 aliphatic heterocycles. The van der Waals surface area contributed by atoms with Gasteiger partial charge in [0.1, 0.15) is 5.57 Å². The molecule has 1 N–H and O–H groups in total. The summed E-state index contributed by atoms with van der Waals surface area (Å²) in [5, 5.41) is 2.59. The second kappa shape index (κ2) is 10.3. The van der Waals surface area contributed by atoms with E-state index in [1.807, 2.05) is 32.0 Å². The van der Waals surface area contributed by atoms with Crippen LogP contribution in [0, 0.1) is 13.8 Å². The van der Waals surface area contributed by atoms with E-state index < -0.39 is 17.8 Å². The van der Waals surface area contributed by atoms with Gasteiger partial charge in [0.2, 0.25) is 0 Å². The molecular weight excluding hydrogens is 444 g/mol. The molecule has 2 aromatic carbocycles. The Balaban J connectivity index is 1.90. The van der Waals surface area contributed by atoms with Crippen molar-refractivity contribution in [1.82, 2.24) is 5.32 Å². The number of rotatable bonds is 7. The zero-order valence-electron chi connectivity index (χ0n) is 18.8. The van der Waals surface area contributed by atoms with Gasteiger partial charge in [0, 0.05) is 0 Å². The number of carbonyl (C=O) groups excluding carboxylic acids is 3. The van der Waals surface area contributed by atoms with Crippen molar-refractivity contribution in [2.24, 2.45) is 0 Å². The van der Waals surface area contributed by atoms with Crippen LogP contribution < -0.4 is 19.7 Å². The van der Waals surface area contributed by atoms with Crippen LogP contribution in [0.15, 0.2) is 42.0 Å². The Kier molecular flexibility index (Phi) is 7.44. The van der Waals surface area contributed by atoms with E-state index >= 15 is 0 Å². The average Bonchev–Trinajstić information content (AvgIpc) is 2.75. The Morgan fingerprint density at radius 2 is 1.79 bits per heavy atom. The predicted octanol–water partition coefficient (Wildman–Crippen LogP) is 3.09. The highest BCUT2D eigenvalue weighted by Gasteiger charge is 2.34. The third-order valence-corrected chi connectivity index (χ3v) is 5.00. The van der Waals surface area contributed by atoms with Gasteiger partial charge in [-0.3, -0.25) is 19.8 Å². The number of hydrogen-bond donors (Lipinski definition) is 1. The van der Waals surface area contributed by atoms with Gasteiger partial charge in [-0.2, -0.15) is 0 Å². The number of aryl methyl sites for hydroxylation is 2. The van der Waals surface area contributed by atoms with Crippen molar-refractivity contribution in [3.05, 3.63) is 58.7 Å². The van der Waals surface area contributed by atoms with Crippen molar-refractivity contribution >= 4 is 46.9 Å². The Morgan fingerprint density at radius 3 is 2.42 bits per heavy atom. The molecule has 3 rings (SSSR count). The molecule has 2 amide bonds. The van der Waals surface area contributed by atoms with Crippen LogP contribution in [0.2, 0.25) is 0 Å². The highest BCUT2D eigenvalue weighted by atomic mass is 32.1. The van der Waals surface area contributed by atoms with E-state index in [0.717, 1.165) is 11.1 Å². The van der Waals surface area contributed by atoms with Gasteiger partial charge in [0.15, 0.2) is 23.2 Å². The van der Waals surface area contributed by atoms with Crippen molar-refractivity contribution in [2.45, 2.75) is 20.8 Å². The molecule has 0 atom stereocenters. The van der Waals surface area contributed by atoms with Crippen LogP contribution in [-0.2, 0) is 19.1 Å². The first-order chi connectivity index (χ1) is 15.7. The summed E-state index contributed by atoms with van der Waals surface area (Å²) < 4.78 is 15.6. The topological polar surface area (TPSA) is 94.2 Å². The number of anilines is 1. The number of nitrogens with zero attached hydrogens (tertiary/aromatic N) is 1. The molecular formula is C24H24N2O6S. The second-order valence-electron chi connectivity index (χ2n) is 7.31. The minimum Gasteiger partial charge on any atom is -0.493 e. The van der Waals surface area contributed by atoms with E-state index in [4.69, 9.17) is 26.4 Å². The molecule has 1 fully saturated rings. The molecule has 0 unspecified atom stereocenters. The molecule has 1 heterocycles. The Hall–Kier alpha value is -3.72. The molecule has 2 aromatic rings. The molecule has 33 heavy (non-hydrogen) atoms. The maximum absolute atomic E-state index is 13.2. The van der Waals surface area contributed by atoms with E-state index in [1.165, 1.54) is 18.1 Å². The van der Waals surface area contributed by atoms with Crippen LogP contribution in [0.3, 0.4) is 0 Å². The third-order valence-electron chi connectivity index (χ3n) is 4.72. The molecule has 9 heteroatoms. The standard InChI is InChI=1S/C24H24N2O6S/c1-5-31-21(27)13-32-19-7-6-16(12-20(19)30-4)11-18-22(28)25-24(33)26(23(18)29)17-9-14(2)8-15(3)10-17/h6-12H,5,13H2,1-4H3,(H,25,28,33). The van der Waals surface area contributed by atoms with E-state index in [-0.39, 0.29) is 23.9 Å². The van der Waals surface area contributed by atoms with Crippen molar-refractivity contribution in [3.63, 3.8) is 0 Å².